The van der Waals surface area contributed by atoms with Crippen LogP contribution in [0.5, 0.6) is 11.5 Å². The van der Waals surface area contributed by atoms with Gasteiger partial charge in [0.05, 0.1) is 31.6 Å². The van der Waals surface area contributed by atoms with E-state index in [1.807, 2.05) is 31.2 Å². The monoisotopic (exact) mass is 390 g/mol. The SMILES string of the molecule is COc1ccc([C@H](C)NC(=O)[C@H]2CN(S(C)(=O)=O)c3ccccc3O2)cc1. The van der Waals surface area contributed by atoms with Crippen molar-refractivity contribution >= 4 is 21.6 Å². The predicted molar refractivity (Wildman–Crippen MR) is 103 cm³/mol. The van der Waals surface area contributed by atoms with Gasteiger partial charge < -0.3 is 14.8 Å². The van der Waals surface area contributed by atoms with E-state index in [0.29, 0.717) is 11.4 Å². The van der Waals surface area contributed by atoms with E-state index in [1.54, 1.807) is 31.4 Å². The number of nitrogens with zero attached hydrogens (tertiary/aromatic N) is 1. The summed E-state index contributed by atoms with van der Waals surface area (Å²) in [4.78, 5) is 12.7. The predicted octanol–water partition coefficient (Wildman–Crippen LogP) is 2.10. The van der Waals surface area contributed by atoms with Crippen LogP contribution in [0.4, 0.5) is 5.69 Å². The van der Waals surface area contributed by atoms with Crippen LogP contribution in [0.15, 0.2) is 48.5 Å². The lowest BCUT2D eigenvalue weighted by atomic mass is 10.1. The highest BCUT2D eigenvalue weighted by Gasteiger charge is 2.35. The molecule has 1 heterocycles. The number of methoxy groups -OCH3 is 1. The molecule has 0 saturated heterocycles. The van der Waals surface area contributed by atoms with E-state index in [4.69, 9.17) is 9.47 Å². The van der Waals surface area contributed by atoms with Gasteiger partial charge in [-0.3, -0.25) is 9.10 Å². The largest absolute Gasteiger partial charge is 0.497 e. The van der Waals surface area contributed by atoms with Crippen molar-refractivity contribution in [2.75, 3.05) is 24.2 Å². The molecule has 1 aliphatic rings. The Bertz CT molecular complexity index is 927. The molecule has 7 nitrogen and oxygen atoms in total. The molecule has 8 heteroatoms. The Hall–Kier alpha value is -2.74. The van der Waals surface area contributed by atoms with Crippen molar-refractivity contribution in [3.05, 3.63) is 54.1 Å². The van der Waals surface area contributed by atoms with Crippen LogP contribution >= 0.6 is 0 Å². The number of sulfonamides is 1. The molecule has 1 amide bonds. The van der Waals surface area contributed by atoms with E-state index < -0.39 is 16.1 Å². The van der Waals surface area contributed by atoms with Crippen LogP contribution in [-0.4, -0.2) is 40.3 Å². The summed E-state index contributed by atoms with van der Waals surface area (Å²) < 4.78 is 36.4. The van der Waals surface area contributed by atoms with Crippen LogP contribution in [0.1, 0.15) is 18.5 Å². The van der Waals surface area contributed by atoms with Gasteiger partial charge in [0.25, 0.3) is 5.91 Å². The van der Waals surface area contributed by atoms with Gasteiger partial charge >= 0.3 is 0 Å². The van der Waals surface area contributed by atoms with Crippen LogP contribution in [-0.2, 0) is 14.8 Å². The van der Waals surface area contributed by atoms with E-state index in [1.165, 1.54) is 4.31 Å². The third-order valence-electron chi connectivity index (χ3n) is 4.40. The summed E-state index contributed by atoms with van der Waals surface area (Å²) in [6.07, 6.45) is 0.180. The summed E-state index contributed by atoms with van der Waals surface area (Å²) in [7, 11) is -1.95. The maximum Gasteiger partial charge on any atom is 0.263 e. The third-order valence-corrected chi connectivity index (χ3v) is 5.55. The van der Waals surface area contributed by atoms with E-state index >= 15 is 0 Å². The average Bonchev–Trinajstić information content (AvgIpc) is 2.66. The third kappa shape index (κ3) is 4.16. The molecule has 0 aromatic heterocycles. The number of para-hydroxylation sites is 2. The Morgan fingerprint density at radius 1 is 1.22 bits per heavy atom. The zero-order valence-corrected chi connectivity index (χ0v) is 16.2. The molecule has 0 radical (unpaired) electrons. The summed E-state index contributed by atoms with van der Waals surface area (Å²) in [5, 5.41) is 2.88. The van der Waals surface area contributed by atoms with Crippen molar-refractivity contribution in [3.8, 4) is 11.5 Å². The standard InChI is InChI=1S/C19H22N2O5S/c1-13(14-8-10-15(25-2)11-9-14)20-19(22)18-12-21(27(3,23)24)16-6-4-5-7-17(16)26-18/h4-11,13,18H,12H2,1-3H3,(H,20,22)/t13-,18+/m0/s1. The molecule has 0 aliphatic carbocycles. The second kappa shape index (κ2) is 7.48. The topological polar surface area (TPSA) is 84.9 Å². The minimum Gasteiger partial charge on any atom is -0.497 e. The van der Waals surface area contributed by atoms with Gasteiger partial charge in [0.1, 0.15) is 11.5 Å². The van der Waals surface area contributed by atoms with E-state index in [2.05, 4.69) is 5.32 Å². The number of carbonyl (C=O) groups is 1. The lowest BCUT2D eigenvalue weighted by molar-refractivity contribution is -0.128. The fourth-order valence-electron chi connectivity index (χ4n) is 2.94. The molecule has 2 aromatic rings. The molecule has 0 bridgehead atoms. The Balaban J connectivity index is 1.76. The van der Waals surface area contributed by atoms with Gasteiger partial charge in [-0.25, -0.2) is 8.42 Å². The van der Waals surface area contributed by atoms with Crippen LogP contribution in [0.3, 0.4) is 0 Å². The summed E-state index contributed by atoms with van der Waals surface area (Å²) in [6.45, 7) is 1.78. The molecule has 1 N–H and O–H groups in total. The molecular formula is C19H22N2O5S. The van der Waals surface area contributed by atoms with Gasteiger partial charge in [0.15, 0.2) is 6.10 Å². The number of rotatable bonds is 5. The lowest BCUT2D eigenvalue weighted by Gasteiger charge is -2.34. The number of carbonyl (C=O) groups excluding carboxylic acids is 1. The molecule has 144 valence electrons. The van der Waals surface area contributed by atoms with Crippen molar-refractivity contribution in [2.24, 2.45) is 0 Å². The Kier molecular flexibility index (Phi) is 5.27. The Morgan fingerprint density at radius 2 is 1.89 bits per heavy atom. The van der Waals surface area contributed by atoms with Crippen molar-refractivity contribution in [2.45, 2.75) is 19.1 Å². The minimum absolute atomic E-state index is 0.0724. The van der Waals surface area contributed by atoms with Crippen molar-refractivity contribution in [3.63, 3.8) is 0 Å². The number of hydrogen-bond donors (Lipinski definition) is 1. The average molecular weight is 390 g/mol. The number of anilines is 1. The number of amides is 1. The highest BCUT2D eigenvalue weighted by Crippen LogP contribution is 2.34. The van der Waals surface area contributed by atoms with Gasteiger partial charge in [-0.05, 0) is 36.8 Å². The maximum absolute atomic E-state index is 12.7. The van der Waals surface area contributed by atoms with Gasteiger partial charge in [-0.1, -0.05) is 24.3 Å². The molecule has 1 aliphatic heterocycles. The van der Waals surface area contributed by atoms with Gasteiger partial charge in [0, 0.05) is 0 Å². The first-order chi connectivity index (χ1) is 12.8. The van der Waals surface area contributed by atoms with Crippen LogP contribution in [0.2, 0.25) is 0 Å². The number of ether oxygens (including phenoxy) is 2. The molecule has 0 saturated carbocycles. The van der Waals surface area contributed by atoms with Crippen molar-refractivity contribution in [1.82, 2.24) is 5.32 Å². The molecule has 27 heavy (non-hydrogen) atoms. The zero-order valence-electron chi connectivity index (χ0n) is 15.4. The molecule has 3 rings (SSSR count). The van der Waals surface area contributed by atoms with E-state index in [0.717, 1.165) is 17.6 Å². The van der Waals surface area contributed by atoms with Crippen LogP contribution in [0.25, 0.3) is 0 Å². The van der Waals surface area contributed by atoms with Gasteiger partial charge in [0.2, 0.25) is 10.0 Å². The second-order valence-corrected chi connectivity index (χ2v) is 8.28. The first-order valence-electron chi connectivity index (χ1n) is 8.47. The fourth-order valence-corrected chi connectivity index (χ4v) is 3.85. The molecule has 2 atom stereocenters. The normalized spacial score (nSPS) is 17.4. The van der Waals surface area contributed by atoms with Gasteiger partial charge in [-0.15, -0.1) is 0 Å². The minimum atomic E-state index is -3.53. The van der Waals surface area contributed by atoms with Crippen molar-refractivity contribution < 1.29 is 22.7 Å². The molecule has 2 aromatic carbocycles. The van der Waals surface area contributed by atoms with E-state index in [-0.39, 0.29) is 18.5 Å². The first kappa shape index (κ1) is 19.0. The summed E-state index contributed by atoms with van der Waals surface area (Å²) in [5.41, 5.74) is 1.34. The summed E-state index contributed by atoms with van der Waals surface area (Å²) in [6, 6.07) is 13.9. The molecule has 0 spiro atoms. The van der Waals surface area contributed by atoms with E-state index in [9.17, 15) is 13.2 Å². The highest BCUT2D eigenvalue weighted by atomic mass is 32.2. The molecule has 0 unspecified atom stereocenters. The van der Waals surface area contributed by atoms with Crippen LogP contribution in [0, 0.1) is 0 Å². The second-order valence-electron chi connectivity index (χ2n) is 6.37. The first-order valence-corrected chi connectivity index (χ1v) is 10.3. The Morgan fingerprint density at radius 3 is 2.52 bits per heavy atom. The quantitative estimate of drug-likeness (QED) is 0.845. The summed E-state index contributed by atoms with van der Waals surface area (Å²) >= 11 is 0. The van der Waals surface area contributed by atoms with Gasteiger partial charge in [-0.2, -0.15) is 0 Å². The fraction of sp³-hybridized carbons (Fsp3) is 0.316. The maximum atomic E-state index is 12.7. The van der Waals surface area contributed by atoms with Crippen LogP contribution < -0.4 is 19.1 Å². The smallest absolute Gasteiger partial charge is 0.263 e. The zero-order chi connectivity index (χ0) is 19.6. The van der Waals surface area contributed by atoms with Crippen molar-refractivity contribution in [1.29, 1.82) is 0 Å². The molecular weight excluding hydrogens is 368 g/mol. The number of hydrogen-bond acceptors (Lipinski definition) is 5. The summed E-state index contributed by atoms with van der Waals surface area (Å²) in [5.74, 6) is 0.723. The number of nitrogens with one attached hydrogen (secondary N) is 1. The number of benzene rings is 2. The lowest BCUT2D eigenvalue weighted by Crippen LogP contribution is -2.50. The Labute approximate surface area is 158 Å². The molecule has 0 fully saturated rings. The highest BCUT2D eigenvalue weighted by molar-refractivity contribution is 7.92. The number of fused-ring (bicyclic) bond motifs is 1.